The van der Waals surface area contributed by atoms with E-state index in [9.17, 15) is 9.59 Å². The van der Waals surface area contributed by atoms with Gasteiger partial charge in [0.2, 0.25) is 11.5 Å². The van der Waals surface area contributed by atoms with E-state index in [1.807, 2.05) is 48.1 Å². The van der Waals surface area contributed by atoms with Crippen LogP contribution in [0.25, 0.3) is 16.5 Å². The van der Waals surface area contributed by atoms with Crippen molar-refractivity contribution in [3.05, 3.63) is 123 Å². The van der Waals surface area contributed by atoms with Gasteiger partial charge in [0.15, 0.2) is 12.4 Å². The van der Waals surface area contributed by atoms with Crippen molar-refractivity contribution in [3.63, 3.8) is 0 Å². The molecule has 0 fully saturated rings. The van der Waals surface area contributed by atoms with E-state index in [1.54, 1.807) is 43.0 Å². The van der Waals surface area contributed by atoms with Crippen molar-refractivity contribution in [3.8, 4) is 5.69 Å². The molecule has 0 radical (unpaired) electrons. The Bertz CT molecular complexity index is 1650. The summed E-state index contributed by atoms with van der Waals surface area (Å²) in [6.45, 7) is 4.09. The monoisotopic (exact) mass is 699 g/mol. The lowest BCUT2D eigenvalue weighted by atomic mass is 10.0. The Labute approximate surface area is 264 Å². The molecular formula is C32H27ClINO3S2. The number of thiophene rings is 1. The van der Waals surface area contributed by atoms with Crippen LogP contribution in [0.2, 0.25) is 5.02 Å². The van der Waals surface area contributed by atoms with Crippen LogP contribution in [0.1, 0.15) is 38.8 Å². The van der Waals surface area contributed by atoms with E-state index in [4.69, 9.17) is 16.3 Å². The van der Waals surface area contributed by atoms with Crippen molar-refractivity contribution in [2.24, 2.45) is 0 Å². The molecule has 2 heterocycles. The molecule has 0 atom stereocenters. The molecule has 5 rings (SSSR count). The normalized spacial score (nSPS) is 10.8. The Morgan fingerprint density at radius 1 is 0.950 bits per heavy atom. The summed E-state index contributed by atoms with van der Waals surface area (Å²) >= 11 is 9.18. The molecule has 4 nitrogen and oxygen atoms in total. The molecule has 5 aromatic rings. The molecule has 0 spiro atoms. The summed E-state index contributed by atoms with van der Waals surface area (Å²) in [5, 5.41) is 2.95. The van der Waals surface area contributed by atoms with Gasteiger partial charge < -0.3 is 28.7 Å². The van der Waals surface area contributed by atoms with Crippen molar-refractivity contribution in [2.45, 2.75) is 30.2 Å². The van der Waals surface area contributed by atoms with E-state index in [1.165, 1.54) is 27.7 Å². The van der Waals surface area contributed by atoms with Crippen molar-refractivity contribution >= 4 is 57.2 Å². The maximum absolute atomic E-state index is 13.8. The molecule has 0 unspecified atom stereocenters. The summed E-state index contributed by atoms with van der Waals surface area (Å²) in [6.07, 6.45) is 3.96. The summed E-state index contributed by atoms with van der Waals surface area (Å²) in [7, 11) is 0. The number of hydrogen-bond acceptors (Lipinski definition) is 5. The van der Waals surface area contributed by atoms with Crippen molar-refractivity contribution in [1.29, 1.82) is 0 Å². The molecule has 8 heteroatoms. The van der Waals surface area contributed by atoms with Gasteiger partial charge in [-0.15, -0.1) is 23.1 Å². The molecule has 0 saturated carbocycles. The average molecular weight is 700 g/mol. The smallest absolute Gasteiger partial charge is 0.310 e. The molecule has 0 N–H and O–H groups in total. The summed E-state index contributed by atoms with van der Waals surface area (Å²) in [6, 6.07) is 25.7. The van der Waals surface area contributed by atoms with Gasteiger partial charge in [-0.2, -0.15) is 4.57 Å². The zero-order chi connectivity index (χ0) is 27.4. The molecule has 0 aliphatic carbocycles. The second kappa shape index (κ2) is 13.8. The standard InChI is InChI=1S/C32H27ClNO3S2.HI/c1-3-37-28(35)19-27-29(34-16-14-21(2)15-17-34)32(39-31(27)30(36)24-10-12-26(33)13-11-24)38-20-22-8-9-23-6-4-5-7-25(23)18-22;/h4-18H,3,19-20H2,1-2H3;1H/q+1;/p-1. The Morgan fingerprint density at radius 2 is 1.65 bits per heavy atom. The number of halogens is 2. The Morgan fingerprint density at radius 3 is 2.35 bits per heavy atom. The zero-order valence-corrected chi connectivity index (χ0v) is 26.6. The third-order valence-electron chi connectivity index (χ3n) is 6.33. The zero-order valence-electron chi connectivity index (χ0n) is 22.0. The van der Waals surface area contributed by atoms with Gasteiger partial charge in [-0.25, -0.2) is 0 Å². The Hall–Kier alpha value is -2.72. The molecule has 0 aliphatic heterocycles. The van der Waals surface area contributed by atoms with E-state index < -0.39 is 0 Å². The van der Waals surface area contributed by atoms with Crippen molar-refractivity contribution in [2.75, 3.05) is 6.61 Å². The maximum atomic E-state index is 13.8. The van der Waals surface area contributed by atoms with Gasteiger partial charge in [-0.05, 0) is 60.0 Å². The molecule has 0 amide bonds. The quantitative estimate of drug-likeness (QED) is 0.0732. The number of nitrogens with zero attached hydrogens (tertiary/aromatic N) is 1. The number of thioether (sulfide) groups is 1. The van der Waals surface area contributed by atoms with E-state index >= 15 is 0 Å². The number of esters is 1. The highest BCUT2D eigenvalue weighted by Crippen LogP contribution is 2.40. The van der Waals surface area contributed by atoms with Gasteiger partial charge in [0.1, 0.15) is 4.21 Å². The van der Waals surface area contributed by atoms with Gasteiger partial charge >= 0.3 is 5.97 Å². The molecular weight excluding hydrogens is 673 g/mol. The van der Waals surface area contributed by atoms with E-state index in [2.05, 4.69) is 30.3 Å². The maximum Gasteiger partial charge on any atom is 0.310 e. The minimum Gasteiger partial charge on any atom is -1.00 e. The summed E-state index contributed by atoms with van der Waals surface area (Å²) in [5.41, 5.74) is 4.35. The number of carbonyl (C=O) groups excluding carboxylic acids is 2. The number of fused-ring (bicyclic) bond motifs is 1. The first-order valence-corrected chi connectivity index (χ1v) is 14.8. The first-order valence-electron chi connectivity index (χ1n) is 12.6. The fourth-order valence-electron chi connectivity index (χ4n) is 4.36. The number of pyridine rings is 1. The van der Waals surface area contributed by atoms with Crippen LogP contribution in [-0.4, -0.2) is 18.4 Å². The molecule has 0 aliphatic rings. The first kappa shape index (κ1) is 30.2. The van der Waals surface area contributed by atoms with Gasteiger partial charge in [0, 0.05) is 28.5 Å². The van der Waals surface area contributed by atoms with Gasteiger partial charge in [0.05, 0.1) is 23.5 Å². The number of hydrogen-bond donors (Lipinski definition) is 0. The largest absolute Gasteiger partial charge is 1.00 e. The molecule has 204 valence electrons. The van der Waals surface area contributed by atoms with Crippen LogP contribution >= 0.6 is 34.7 Å². The summed E-state index contributed by atoms with van der Waals surface area (Å²) in [5.74, 6) is 0.223. The number of benzene rings is 3. The van der Waals surface area contributed by atoms with Gasteiger partial charge in [-0.3, -0.25) is 9.59 Å². The van der Waals surface area contributed by atoms with Crippen LogP contribution in [0.3, 0.4) is 0 Å². The average Bonchev–Trinajstić information content (AvgIpc) is 3.30. The van der Waals surface area contributed by atoms with E-state index in [0.717, 1.165) is 21.2 Å². The number of rotatable bonds is 9. The highest BCUT2D eigenvalue weighted by molar-refractivity contribution is 8.00. The molecule has 3 aromatic carbocycles. The minimum absolute atomic E-state index is 0. The first-order chi connectivity index (χ1) is 18.9. The molecule has 0 saturated heterocycles. The lowest BCUT2D eigenvalue weighted by Crippen LogP contribution is -3.00. The van der Waals surface area contributed by atoms with Crippen molar-refractivity contribution in [1.82, 2.24) is 0 Å². The van der Waals surface area contributed by atoms with Crippen LogP contribution in [0.5, 0.6) is 0 Å². The predicted octanol–water partition coefficient (Wildman–Crippen LogP) is 4.77. The Balaban J connectivity index is 0.00000370. The second-order valence-electron chi connectivity index (χ2n) is 9.12. The fraction of sp³-hybridized carbons (Fsp3) is 0.156. The topological polar surface area (TPSA) is 47.3 Å². The minimum atomic E-state index is -0.361. The van der Waals surface area contributed by atoms with Crippen LogP contribution in [-0.2, 0) is 21.7 Å². The number of ether oxygens (including phenoxy) is 1. The van der Waals surface area contributed by atoms with Crippen LogP contribution < -0.4 is 28.5 Å². The lowest BCUT2D eigenvalue weighted by Gasteiger charge is -2.06. The predicted molar refractivity (Wildman–Crippen MR) is 159 cm³/mol. The third-order valence-corrected chi connectivity index (χ3v) is 9.13. The summed E-state index contributed by atoms with van der Waals surface area (Å²) in [4.78, 5) is 27.1. The number of carbonyl (C=O) groups is 2. The Kier molecular flexibility index (Phi) is 10.4. The van der Waals surface area contributed by atoms with Crippen molar-refractivity contribution < 1.29 is 42.9 Å². The number of ketones is 1. The van der Waals surface area contributed by atoms with E-state index in [-0.39, 0.29) is 48.8 Å². The number of aryl methyl sites for hydroxylation is 1. The molecule has 2 aromatic heterocycles. The highest BCUT2D eigenvalue weighted by atomic mass is 127. The highest BCUT2D eigenvalue weighted by Gasteiger charge is 2.31. The SMILES string of the molecule is CCOC(=O)Cc1c(C(=O)c2ccc(Cl)cc2)sc(SCc2ccc3ccccc3c2)c1-[n+]1ccc(C)cc1.[I-]. The van der Waals surface area contributed by atoms with Gasteiger partial charge in [-0.1, -0.05) is 54.1 Å². The lowest BCUT2D eigenvalue weighted by molar-refractivity contribution is -0.598. The number of aromatic nitrogens is 1. The summed E-state index contributed by atoms with van der Waals surface area (Å²) < 4.78 is 8.28. The molecule has 40 heavy (non-hydrogen) atoms. The third kappa shape index (κ3) is 6.94. The van der Waals surface area contributed by atoms with Crippen LogP contribution in [0.15, 0.2) is 95.5 Å². The van der Waals surface area contributed by atoms with Crippen LogP contribution in [0.4, 0.5) is 0 Å². The van der Waals surface area contributed by atoms with Crippen LogP contribution in [0, 0.1) is 6.92 Å². The fourth-order valence-corrected chi connectivity index (χ4v) is 7.00. The second-order valence-corrected chi connectivity index (χ2v) is 11.8. The van der Waals surface area contributed by atoms with E-state index in [0.29, 0.717) is 21.0 Å². The van der Waals surface area contributed by atoms with Gasteiger partial charge in [0.25, 0.3) is 0 Å². The molecule has 0 bridgehead atoms.